The van der Waals surface area contributed by atoms with Gasteiger partial charge in [0.2, 0.25) is 0 Å². The fourth-order valence-corrected chi connectivity index (χ4v) is 1.62. The highest BCUT2D eigenvalue weighted by molar-refractivity contribution is 5.81. The fraction of sp³-hybridized carbons (Fsp3) is 0. The summed E-state index contributed by atoms with van der Waals surface area (Å²) in [5.74, 6) is 0.819. The Hall–Kier alpha value is -2.36. The smallest absolute Gasteiger partial charge is 0.131 e. The summed E-state index contributed by atoms with van der Waals surface area (Å²) >= 11 is 0. The molecule has 2 heterocycles. The molecule has 2 aromatic heterocycles. The number of imidazole rings is 1. The maximum absolute atomic E-state index is 4.28. The first-order valence-electron chi connectivity index (χ1n) is 5.03. The second-order valence-corrected chi connectivity index (χ2v) is 3.44. The normalized spacial score (nSPS) is 11.5. The van der Waals surface area contributed by atoms with Crippen molar-refractivity contribution in [2.24, 2.45) is 0 Å². The van der Waals surface area contributed by atoms with Crippen molar-refractivity contribution >= 4 is 23.2 Å². The van der Waals surface area contributed by atoms with E-state index in [2.05, 4.69) is 15.1 Å². The Morgan fingerprint density at radius 1 is 1.25 bits per heavy atom. The predicted octanol–water partition coefficient (Wildman–Crippen LogP) is 2.39. The van der Waals surface area contributed by atoms with Crippen LogP contribution in [0.1, 0.15) is 5.82 Å². The summed E-state index contributed by atoms with van der Waals surface area (Å²) in [4.78, 5) is 7.12. The van der Waals surface area contributed by atoms with Crippen LogP contribution in [0.3, 0.4) is 0 Å². The maximum Gasteiger partial charge on any atom is 0.131 e. The number of rotatable bonds is 2. The zero-order valence-electron chi connectivity index (χ0n) is 8.54. The summed E-state index contributed by atoms with van der Waals surface area (Å²) in [6.07, 6.45) is 9.14. The molecule has 0 unspecified atom stereocenters. The van der Waals surface area contributed by atoms with Crippen LogP contribution in [-0.4, -0.2) is 19.7 Å². The molecule has 0 bridgehead atoms. The molecule has 0 radical (unpaired) electrons. The second kappa shape index (κ2) is 3.66. The van der Waals surface area contributed by atoms with Gasteiger partial charge in [-0.3, -0.25) is 0 Å². The predicted molar refractivity (Wildman–Crippen MR) is 63.5 cm³/mol. The van der Waals surface area contributed by atoms with Gasteiger partial charge in [-0.15, -0.1) is 0 Å². The lowest BCUT2D eigenvalue weighted by atomic mass is 10.3. The van der Waals surface area contributed by atoms with Crippen molar-refractivity contribution in [2.75, 3.05) is 0 Å². The number of aromatic amines is 1. The zero-order valence-corrected chi connectivity index (χ0v) is 8.54. The van der Waals surface area contributed by atoms with Gasteiger partial charge in [-0.25, -0.2) is 9.67 Å². The van der Waals surface area contributed by atoms with Crippen molar-refractivity contribution in [2.45, 2.75) is 0 Å². The Morgan fingerprint density at radius 3 is 3.06 bits per heavy atom. The van der Waals surface area contributed by atoms with Crippen LogP contribution in [0.25, 0.3) is 23.2 Å². The van der Waals surface area contributed by atoms with E-state index in [0.717, 1.165) is 16.7 Å². The molecule has 0 aliphatic heterocycles. The average molecular weight is 210 g/mol. The Morgan fingerprint density at radius 2 is 2.19 bits per heavy atom. The molecule has 0 saturated heterocycles. The highest BCUT2D eigenvalue weighted by atomic mass is 15.3. The van der Waals surface area contributed by atoms with E-state index in [9.17, 15) is 0 Å². The maximum atomic E-state index is 4.28. The van der Waals surface area contributed by atoms with E-state index in [4.69, 9.17) is 0 Å². The van der Waals surface area contributed by atoms with E-state index >= 15 is 0 Å². The molecule has 0 amide bonds. The van der Waals surface area contributed by atoms with Crippen LogP contribution in [-0.2, 0) is 0 Å². The Labute approximate surface area is 92.2 Å². The molecule has 0 fully saturated rings. The number of hydrogen-bond donors (Lipinski definition) is 1. The summed E-state index contributed by atoms with van der Waals surface area (Å²) in [6.45, 7) is 0. The van der Waals surface area contributed by atoms with Gasteiger partial charge in [0.15, 0.2) is 0 Å². The lowest BCUT2D eigenvalue weighted by molar-refractivity contribution is 0.968. The number of fused-ring (bicyclic) bond motifs is 1. The fourth-order valence-electron chi connectivity index (χ4n) is 1.62. The van der Waals surface area contributed by atoms with Crippen LogP contribution in [0.15, 0.2) is 42.9 Å². The Kier molecular flexibility index (Phi) is 2.04. The number of aromatic nitrogens is 4. The summed E-state index contributed by atoms with van der Waals surface area (Å²) in [6, 6.07) is 8.08. The largest absolute Gasteiger partial charge is 0.345 e. The van der Waals surface area contributed by atoms with Crippen molar-refractivity contribution < 1.29 is 0 Å². The first kappa shape index (κ1) is 8.91. The summed E-state index contributed by atoms with van der Waals surface area (Å²) in [5.41, 5.74) is 1.09. The first-order chi connectivity index (χ1) is 7.93. The molecule has 0 aliphatic rings. The summed E-state index contributed by atoms with van der Waals surface area (Å²) in [5, 5.41) is 5.41. The molecule has 1 N–H and O–H groups in total. The third-order valence-corrected chi connectivity index (χ3v) is 2.40. The van der Waals surface area contributed by atoms with Gasteiger partial charge in [-0.2, -0.15) is 5.10 Å². The number of nitrogens with zero attached hydrogens (tertiary/aromatic N) is 3. The SMILES string of the molecule is C(=C\n1ncc2ccccc21)/c1ncc[nH]1. The van der Waals surface area contributed by atoms with Crippen LogP contribution in [0.4, 0.5) is 0 Å². The molecule has 1 aromatic carbocycles. The molecule has 0 saturated carbocycles. The monoisotopic (exact) mass is 210 g/mol. The molecule has 3 aromatic rings. The molecule has 4 nitrogen and oxygen atoms in total. The number of H-pyrrole nitrogens is 1. The number of benzene rings is 1. The van der Waals surface area contributed by atoms with Gasteiger partial charge in [-0.1, -0.05) is 18.2 Å². The van der Waals surface area contributed by atoms with Gasteiger partial charge < -0.3 is 4.98 Å². The lowest BCUT2D eigenvalue weighted by Crippen LogP contribution is -1.87. The van der Waals surface area contributed by atoms with E-state index in [1.54, 1.807) is 12.4 Å². The van der Waals surface area contributed by atoms with E-state index in [-0.39, 0.29) is 0 Å². The minimum atomic E-state index is 0.819. The van der Waals surface area contributed by atoms with Gasteiger partial charge in [0.1, 0.15) is 5.82 Å². The molecule has 3 rings (SSSR count). The van der Waals surface area contributed by atoms with Crippen molar-refractivity contribution in [1.82, 2.24) is 19.7 Å². The van der Waals surface area contributed by atoms with E-state index in [1.807, 2.05) is 47.4 Å². The van der Waals surface area contributed by atoms with Crippen LogP contribution < -0.4 is 0 Å². The molecular formula is C12H10N4. The van der Waals surface area contributed by atoms with Crippen molar-refractivity contribution in [3.8, 4) is 0 Å². The van der Waals surface area contributed by atoms with Gasteiger partial charge in [0, 0.05) is 24.0 Å². The standard InChI is InChI=1S/C12H10N4/c1-2-4-11-10(3-1)9-15-16(11)8-5-12-13-6-7-14-12/h1-9H,(H,13,14)/b8-5+. The third kappa shape index (κ3) is 1.50. The molecule has 16 heavy (non-hydrogen) atoms. The highest BCUT2D eigenvalue weighted by Gasteiger charge is 1.97. The highest BCUT2D eigenvalue weighted by Crippen LogP contribution is 2.13. The third-order valence-electron chi connectivity index (χ3n) is 2.40. The minimum Gasteiger partial charge on any atom is -0.345 e. The van der Waals surface area contributed by atoms with E-state index < -0.39 is 0 Å². The number of nitrogens with one attached hydrogen (secondary N) is 1. The zero-order chi connectivity index (χ0) is 10.8. The quantitative estimate of drug-likeness (QED) is 0.705. The van der Waals surface area contributed by atoms with Gasteiger partial charge in [-0.05, 0) is 12.1 Å². The molecule has 4 heteroatoms. The minimum absolute atomic E-state index is 0.819. The lowest BCUT2D eigenvalue weighted by Gasteiger charge is -1.94. The second-order valence-electron chi connectivity index (χ2n) is 3.44. The molecule has 0 atom stereocenters. The van der Waals surface area contributed by atoms with Crippen molar-refractivity contribution in [3.63, 3.8) is 0 Å². The van der Waals surface area contributed by atoms with Crippen molar-refractivity contribution in [1.29, 1.82) is 0 Å². The summed E-state index contributed by atoms with van der Waals surface area (Å²) in [7, 11) is 0. The van der Waals surface area contributed by atoms with Crippen molar-refractivity contribution in [3.05, 3.63) is 48.7 Å². The average Bonchev–Trinajstić information content (AvgIpc) is 2.96. The first-order valence-corrected chi connectivity index (χ1v) is 5.03. The van der Waals surface area contributed by atoms with Gasteiger partial charge in [0.05, 0.1) is 11.7 Å². The van der Waals surface area contributed by atoms with Crippen LogP contribution in [0.2, 0.25) is 0 Å². The summed E-state index contributed by atoms with van der Waals surface area (Å²) < 4.78 is 1.83. The topological polar surface area (TPSA) is 46.5 Å². The van der Waals surface area contributed by atoms with Gasteiger partial charge in [0.25, 0.3) is 0 Å². The molecular weight excluding hydrogens is 200 g/mol. The number of para-hydroxylation sites is 1. The Bertz CT molecular complexity index is 619. The van der Waals surface area contributed by atoms with Gasteiger partial charge >= 0.3 is 0 Å². The number of hydrogen-bond acceptors (Lipinski definition) is 2. The van der Waals surface area contributed by atoms with Crippen LogP contribution >= 0.6 is 0 Å². The molecule has 0 aliphatic carbocycles. The molecule has 0 spiro atoms. The van der Waals surface area contributed by atoms with E-state index in [0.29, 0.717) is 0 Å². The molecule has 78 valence electrons. The van der Waals surface area contributed by atoms with Crippen LogP contribution in [0, 0.1) is 0 Å². The van der Waals surface area contributed by atoms with E-state index in [1.165, 1.54) is 0 Å². The van der Waals surface area contributed by atoms with Crippen LogP contribution in [0.5, 0.6) is 0 Å². The Balaban J connectivity index is 2.01.